The van der Waals surface area contributed by atoms with Gasteiger partial charge in [0.1, 0.15) is 0 Å². The van der Waals surface area contributed by atoms with Crippen LogP contribution in [0.4, 0.5) is 0 Å². The number of nitrogens with two attached hydrogens (primary N) is 1. The summed E-state index contributed by atoms with van der Waals surface area (Å²) in [4.78, 5) is 0.944. The fourth-order valence-electron chi connectivity index (χ4n) is 1.31. The number of halogens is 1. The van der Waals surface area contributed by atoms with Crippen LogP contribution in [0.2, 0.25) is 5.02 Å². The van der Waals surface area contributed by atoms with E-state index < -0.39 is 0 Å². The van der Waals surface area contributed by atoms with Gasteiger partial charge in [0.25, 0.3) is 0 Å². The first kappa shape index (κ1) is 8.42. The van der Waals surface area contributed by atoms with Gasteiger partial charge in [-0.15, -0.1) is 12.6 Å². The Balaban J connectivity index is 2.48. The Bertz CT molecular complexity index is 320. The van der Waals surface area contributed by atoms with Crippen molar-refractivity contribution >= 4 is 24.2 Å². The molecule has 64 valence electrons. The average Bonchev–Trinajstić information content (AvgIpc) is 2.75. The molecule has 0 atom stereocenters. The molecule has 0 saturated heterocycles. The highest BCUT2D eigenvalue weighted by Gasteiger charge is 2.41. The molecule has 0 bridgehead atoms. The normalized spacial score (nSPS) is 19.2. The molecule has 0 aromatic heterocycles. The minimum Gasteiger partial charge on any atom is -0.321 e. The highest BCUT2D eigenvalue weighted by atomic mass is 35.5. The zero-order chi connectivity index (χ0) is 8.77. The number of rotatable bonds is 1. The van der Waals surface area contributed by atoms with Gasteiger partial charge < -0.3 is 5.73 Å². The van der Waals surface area contributed by atoms with Gasteiger partial charge in [0, 0.05) is 15.5 Å². The van der Waals surface area contributed by atoms with Crippen LogP contribution >= 0.6 is 24.2 Å². The standard InChI is InChI=1S/C9H10ClNS/c10-6-1-2-8(12)7(5-6)9(11)3-4-9/h1-2,5,12H,3-4,11H2. The minimum atomic E-state index is -0.137. The number of benzene rings is 1. The number of hydrogen-bond donors (Lipinski definition) is 2. The third-order valence-corrected chi connectivity index (χ3v) is 2.91. The van der Waals surface area contributed by atoms with Crippen molar-refractivity contribution in [1.29, 1.82) is 0 Å². The molecular weight excluding hydrogens is 190 g/mol. The van der Waals surface area contributed by atoms with Gasteiger partial charge in [-0.3, -0.25) is 0 Å². The van der Waals surface area contributed by atoms with Crippen molar-refractivity contribution < 1.29 is 0 Å². The molecular formula is C9H10ClNS. The smallest absolute Gasteiger partial charge is 0.0422 e. The van der Waals surface area contributed by atoms with Crippen molar-refractivity contribution in [3.8, 4) is 0 Å². The van der Waals surface area contributed by atoms with Crippen LogP contribution in [-0.4, -0.2) is 0 Å². The molecule has 0 heterocycles. The van der Waals surface area contributed by atoms with E-state index in [0.29, 0.717) is 0 Å². The summed E-state index contributed by atoms with van der Waals surface area (Å²) in [6.45, 7) is 0. The minimum absolute atomic E-state index is 0.137. The van der Waals surface area contributed by atoms with Crippen LogP contribution < -0.4 is 5.73 Å². The molecule has 1 aromatic rings. The van der Waals surface area contributed by atoms with Crippen molar-refractivity contribution in [3.63, 3.8) is 0 Å². The first-order valence-corrected chi connectivity index (χ1v) is 4.72. The van der Waals surface area contributed by atoms with E-state index in [0.717, 1.165) is 28.3 Å². The Hall–Kier alpha value is -0.180. The molecule has 3 heteroatoms. The maximum Gasteiger partial charge on any atom is 0.0422 e. The Kier molecular flexibility index (Phi) is 1.86. The molecule has 1 aliphatic carbocycles. The quantitative estimate of drug-likeness (QED) is 0.669. The molecule has 1 nitrogen and oxygen atoms in total. The molecule has 0 unspecified atom stereocenters. The first-order chi connectivity index (χ1) is 5.62. The Morgan fingerprint density at radius 3 is 2.67 bits per heavy atom. The lowest BCUT2D eigenvalue weighted by molar-refractivity contribution is 0.722. The predicted molar refractivity (Wildman–Crippen MR) is 53.8 cm³/mol. The van der Waals surface area contributed by atoms with Crippen molar-refractivity contribution in [2.24, 2.45) is 5.73 Å². The van der Waals surface area contributed by atoms with Crippen LogP contribution in [0, 0.1) is 0 Å². The fraction of sp³-hybridized carbons (Fsp3) is 0.333. The molecule has 1 aliphatic rings. The summed E-state index contributed by atoms with van der Waals surface area (Å²) in [5, 5.41) is 0.736. The highest BCUT2D eigenvalue weighted by molar-refractivity contribution is 7.80. The largest absolute Gasteiger partial charge is 0.321 e. The van der Waals surface area contributed by atoms with Crippen LogP contribution in [0.1, 0.15) is 18.4 Å². The zero-order valence-corrected chi connectivity index (χ0v) is 8.20. The third-order valence-electron chi connectivity index (χ3n) is 2.28. The molecule has 0 radical (unpaired) electrons. The topological polar surface area (TPSA) is 26.0 Å². The summed E-state index contributed by atoms with van der Waals surface area (Å²) in [5.41, 5.74) is 6.97. The van der Waals surface area contributed by atoms with Gasteiger partial charge in [-0.25, -0.2) is 0 Å². The molecule has 0 amide bonds. The first-order valence-electron chi connectivity index (χ1n) is 3.90. The molecule has 12 heavy (non-hydrogen) atoms. The maximum atomic E-state index is 6.03. The van der Waals surface area contributed by atoms with E-state index >= 15 is 0 Å². The average molecular weight is 200 g/mol. The second kappa shape index (κ2) is 2.66. The van der Waals surface area contributed by atoms with Crippen molar-refractivity contribution in [2.75, 3.05) is 0 Å². The number of thiol groups is 1. The molecule has 0 aliphatic heterocycles. The van der Waals surface area contributed by atoms with E-state index in [2.05, 4.69) is 12.6 Å². The Labute approximate surface area is 82.3 Å². The van der Waals surface area contributed by atoms with E-state index in [1.807, 2.05) is 18.2 Å². The van der Waals surface area contributed by atoms with Gasteiger partial charge in [-0.2, -0.15) is 0 Å². The Morgan fingerprint density at radius 1 is 1.42 bits per heavy atom. The fourth-order valence-corrected chi connectivity index (χ4v) is 1.84. The van der Waals surface area contributed by atoms with E-state index in [9.17, 15) is 0 Å². The molecule has 1 aromatic carbocycles. The van der Waals surface area contributed by atoms with Crippen LogP contribution in [0.25, 0.3) is 0 Å². The van der Waals surface area contributed by atoms with Crippen molar-refractivity contribution in [3.05, 3.63) is 28.8 Å². The third kappa shape index (κ3) is 1.35. The van der Waals surface area contributed by atoms with E-state index in [4.69, 9.17) is 17.3 Å². The van der Waals surface area contributed by atoms with Gasteiger partial charge in [0.05, 0.1) is 0 Å². The molecule has 2 rings (SSSR count). The second-order valence-corrected chi connectivity index (χ2v) is 4.24. The van der Waals surface area contributed by atoms with Gasteiger partial charge in [0.15, 0.2) is 0 Å². The second-order valence-electron chi connectivity index (χ2n) is 3.32. The van der Waals surface area contributed by atoms with Gasteiger partial charge in [-0.05, 0) is 36.6 Å². The molecule has 2 N–H and O–H groups in total. The number of hydrogen-bond acceptors (Lipinski definition) is 2. The summed E-state index contributed by atoms with van der Waals surface area (Å²) in [7, 11) is 0. The summed E-state index contributed by atoms with van der Waals surface area (Å²) >= 11 is 10.2. The van der Waals surface area contributed by atoms with Crippen LogP contribution in [-0.2, 0) is 5.54 Å². The lowest BCUT2D eigenvalue weighted by Crippen LogP contribution is -2.19. The van der Waals surface area contributed by atoms with Gasteiger partial charge in [0.2, 0.25) is 0 Å². The summed E-state index contributed by atoms with van der Waals surface area (Å²) in [6, 6.07) is 5.64. The predicted octanol–water partition coefficient (Wildman–Crippen LogP) is 2.58. The van der Waals surface area contributed by atoms with Crippen molar-refractivity contribution in [1.82, 2.24) is 0 Å². The monoisotopic (exact) mass is 199 g/mol. The van der Waals surface area contributed by atoms with E-state index in [-0.39, 0.29) is 5.54 Å². The van der Waals surface area contributed by atoms with Crippen LogP contribution in [0.3, 0.4) is 0 Å². The summed E-state index contributed by atoms with van der Waals surface area (Å²) in [6.07, 6.45) is 2.09. The van der Waals surface area contributed by atoms with Crippen LogP contribution in [0.5, 0.6) is 0 Å². The van der Waals surface area contributed by atoms with Gasteiger partial charge in [-0.1, -0.05) is 11.6 Å². The summed E-state index contributed by atoms with van der Waals surface area (Å²) in [5.74, 6) is 0. The van der Waals surface area contributed by atoms with E-state index in [1.54, 1.807) is 0 Å². The van der Waals surface area contributed by atoms with E-state index in [1.165, 1.54) is 0 Å². The maximum absolute atomic E-state index is 6.03. The molecule has 1 saturated carbocycles. The zero-order valence-electron chi connectivity index (χ0n) is 6.55. The lowest BCUT2D eigenvalue weighted by Gasteiger charge is -2.11. The van der Waals surface area contributed by atoms with Crippen LogP contribution in [0.15, 0.2) is 23.1 Å². The molecule has 1 fully saturated rings. The Morgan fingerprint density at radius 2 is 2.08 bits per heavy atom. The lowest BCUT2D eigenvalue weighted by atomic mass is 10.1. The van der Waals surface area contributed by atoms with Gasteiger partial charge >= 0.3 is 0 Å². The molecule has 0 spiro atoms. The highest BCUT2D eigenvalue weighted by Crippen LogP contribution is 2.45. The summed E-state index contributed by atoms with van der Waals surface area (Å²) < 4.78 is 0. The van der Waals surface area contributed by atoms with Crippen molar-refractivity contribution in [2.45, 2.75) is 23.3 Å². The SMILES string of the molecule is NC1(c2cc(Cl)ccc2S)CC1.